The zero-order chi connectivity index (χ0) is 15.0. The zero-order valence-corrected chi connectivity index (χ0v) is 11.8. The van der Waals surface area contributed by atoms with E-state index in [-0.39, 0.29) is 18.1 Å². The minimum absolute atomic E-state index is 0.168. The number of rotatable bonds is 3. The van der Waals surface area contributed by atoms with Gasteiger partial charge in [-0.2, -0.15) is 0 Å². The molecular weight excluding hydrogens is 272 g/mol. The Kier molecular flexibility index (Phi) is 3.55. The third kappa shape index (κ3) is 2.47. The van der Waals surface area contributed by atoms with Gasteiger partial charge < -0.3 is 20.1 Å². The Morgan fingerprint density at radius 3 is 2.81 bits per heavy atom. The highest BCUT2D eigenvalue weighted by Crippen LogP contribution is 2.28. The van der Waals surface area contributed by atoms with Crippen LogP contribution in [0, 0.1) is 0 Å². The highest BCUT2D eigenvalue weighted by Gasteiger charge is 2.42. The fourth-order valence-electron chi connectivity index (χ4n) is 3.09. The molecule has 6 nitrogen and oxygen atoms in total. The number of nitrogens with one attached hydrogen (secondary N) is 1. The van der Waals surface area contributed by atoms with Crippen molar-refractivity contribution in [3.8, 4) is 0 Å². The van der Waals surface area contributed by atoms with Crippen molar-refractivity contribution in [3.63, 3.8) is 0 Å². The van der Waals surface area contributed by atoms with Gasteiger partial charge in [-0.3, -0.25) is 4.79 Å². The predicted molar refractivity (Wildman–Crippen MR) is 76.1 cm³/mol. The molecule has 1 aromatic carbocycles. The lowest BCUT2D eigenvalue weighted by atomic mass is 10.1. The van der Waals surface area contributed by atoms with Crippen LogP contribution < -0.4 is 5.32 Å². The zero-order valence-electron chi connectivity index (χ0n) is 11.8. The van der Waals surface area contributed by atoms with Crippen LogP contribution in [0.15, 0.2) is 24.3 Å². The summed E-state index contributed by atoms with van der Waals surface area (Å²) in [5.74, 6) is -1.14. The van der Waals surface area contributed by atoms with Crippen molar-refractivity contribution in [1.82, 2.24) is 4.90 Å². The van der Waals surface area contributed by atoms with Crippen molar-refractivity contribution in [2.45, 2.75) is 31.0 Å². The maximum Gasteiger partial charge on any atom is 0.326 e. The first-order chi connectivity index (χ1) is 10.1. The van der Waals surface area contributed by atoms with Crippen molar-refractivity contribution in [2.75, 3.05) is 19.0 Å². The van der Waals surface area contributed by atoms with E-state index in [1.807, 2.05) is 24.3 Å². The Hall–Kier alpha value is -2.08. The Bertz CT molecular complexity index is 550. The number of ether oxygens (including phenoxy) is 1. The highest BCUT2D eigenvalue weighted by molar-refractivity contribution is 5.91. The van der Waals surface area contributed by atoms with E-state index >= 15 is 0 Å². The molecule has 3 atom stereocenters. The van der Waals surface area contributed by atoms with Crippen molar-refractivity contribution >= 4 is 17.6 Å². The largest absolute Gasteiger partial charge is 0.480 e. The van der Waals surface area contributed by atoms with Crippen LogP contribution in [0.1, 0.15) is 12.0 Å². The molecule has 0 aromatic heterocycles. The Labute approximate surface area is 122 Å². The molecule has 2 aliphatic rings. The van der Waals surface area contributed by atoms with Gasteiger partial charge in [0.25, 0.3) is 0 Å². The van der Waals surface area contributed by atoms with Gasteiger partial charge in [-0.15, -0.1) is 0 Å². The van der Waals surface area contributed by atoms with E-state index in [1.165, 1.54) is 4.90 Å². The van der Waals surface area contributed by atoms with Gasteiger partial charge in [0.2, 0.25) is 5.91 Å². The second-order valence-electron chi connectivity index (χ2n) is 5.50. The van der Waals surface area contributed by atoms with E-state index in [1.54, 1.807) is 7.11 Å². The van der Waals surface area contributed by atoms with Gasteiger partial charge in [0, 0.05) is 32.2 Å². The van der Waals surface area contributed by atoms with Gasteiger partial charge in [-0.05, 0) is 11.6 Å². The second-order valence-corrected chi connectivity index (χ2v) is 5.50. The standard InChI is InChI=1S/C15H18N2O4/c1-21-10-7-13(15(19)20)17(8-10)14(18)12-6-9-4-2-3-5-11(9)16-12/h2-5,10,12-13,16H,6-8H2,1H3,(H,19,20). The number of fused-ring (bicyclic) bond motifs is 1. The van der Waals surface area contributed by atoms with Crippen LogP contribution >= 0.6 is 0 Å². The molecular formula is C15H18N2O4. The molecule has 1 amide bonds. The van der Waals surface area contributed by atoms with Crippen LogP contribution in [-0.2, 0) is 20.7 Å². The number of benzene rings is 1. The summed E-state index contributed by atoms with van der Waals surface area (Å²) in [5.41, 5.74) is 2.04. The summed E-state index contributed by atoms with van der Waals surface area (Å²) in [6.07, 6.45) is 0.728. The number of hydrogen-bond acceptors (Lipinski definition) is 4. The predicted octanol–water partition coefficient (Wildman–Crippen LogP) is 0.724. The molecule has 2 heterocycles. The number of methoxy groups -OCH3 is 1. The average molecular weight is 290 g/mol. The summed E-state index contributed by atoms with van der Waals surface area (Å²) in [4.78, 5) is 25.4. The Balaban J connectivity index is 1.75. The van der Waals surface area contributed by atoms with E-state index in [2.05, 4.69) is 5.32 Å². The first kappa shape index (κ1) is 13.9. The first-order valence-corrected chi connectivity index (χ1v) is 7.00. The van der Waals surface area contributed by atoms with E-state index in [9.17, 15) is 14.7 Å². The molecule has 0 saturated carbocycles. The molecule has 3 unspecified atom stereocenters. The minimum atomic E-state index is -0.974. The third-order valence-corrected chi connectivity index (χ3v) is 4.23. The van der Waals surface area contributed by atoms with Gasteiger partial charge in [0.05, 0.1) is 6.10 Å². The third-order valence-electron chi connectivity index (χ3n) is 4.23. The van der Waals surface area contributed by atoms with Crippen LogP contribution in [0.2, 0.25) is 0 Å². The van der Waals surface area contributed by atoms with Gasteiger partial charge in [0.15, 0.2) is 0 Å². The number of aliphatic carboxylic acids is 1. The number of carboxylic acid groups (broad SMARTS) is 1. The fourth-order valence-corrected chi connectivity index (χ4v) is 3.09. The number of carbonyl (C=O) groups is 2. The van der Waals surface area contributed by atoms with E-state index in [0.29, 0.717) is 19.4 Å². The van der Waals surface area contributed by atoms with Crippen LogP contribution in [0.3, 0.4) is 0 Å². The van der Waals surface area contributed by atoms with Crippen LogP contribution in [0.5, 0.6) is 0 Å². The van der Waals surface area contributed by atoms with Gasteiger partial charge >= 0.3 is 5.97 Å². The molecule has 1 aromatic rings. The number of likely N-dealkylation sites (tertiary alicyclic amines) is 1. The molecule has 0 radical (unpaired) electrons. The second kappa shape index (κ2) is 5.37. The lowest BCUT2D eigenvalue weighted by molar-refractivity contribution is -0.148. The first-order valence-electron chi connectivity index (χ1n) is 7.00. The topological polar surface area (TPSA) is 78.9 Å². The Morgan fingerprint density at radius 2 is 2.14 bits per heavy atom. The van der Waals surface area contributed by atoms with E-state index in [4.69, 9.17) is 4.74 Å². The molecule has 0 bridgehead atoms. The molecule has 1 fully saturated rings. The van der Waals surface area contributed by atoms with Crippen molar-refractivity contribution < 1.29 is 19.4 Å². The van der Waals surface area contributed by atoms with Crippen molar-refractivity contribution in [1.29, 1.82) is 0 Å². The minimum Gasteiger partial charge on any atom is -0.480 e. The van der Waals surface area contributed by atoms with Gasteiger partial charge in [-0.25, -0.2) is 4.79 Å². The number of carboxylic acids is 1. The fraction of sp³-hybridized carbons (Fsp3) is 0.467. The average Bonchev–Trinajstić information content (AvgIpc) is 3.10. The summed E-state index contributed by atoms with van der Waals surface area (Å²) in [6.45, 7) is 0.334. The van der Waals surface area contributed by atoms with Crippen LogP contribution in [0.4, 0.5) is 5.69 Å². The summed E-state index contributed by atoms with van der Waals surface area (Å²) >= 11 is 0. The maximum atomic E-state index is 12.6. The quantitative estimate of drug-likeness (QED) is 0.857. The normalized spacial score (nSPS) is 27.3. The van der Waals surface area contributed by atoms with Crippen LogP contribution in [-0.4, -0.2) is 53.7 Å². The number of carbonyl (C=O) groups excluding carboxylic acids is 1. The number of hydrogen-bond donors (Lipinski definition) is 2. The smallest absolute Gasteiger partial charge is 0.326 e. The lowest BCUT2D eigenvalue weighted by Crippen LogP contribution is -2.47. The summed E-state index contributed by atoms with van der Waals surface area (Å²) < 4.78 is 5.22. The molecule has 2 N–H and O–H groups in total. The SMILES string of the molecule is COC1CC(C(=O)O)N(C(=O)C2Cc3ccccc3N2)C1. The summed E-state index contributed by atoms with van der Waals surface area (Å²) in [6, 6.07) is 6.57. The van der Waals surface area contributed by atoms with Gasteiger partial charge in [0.1, 0.15) is 12.1 Å². The summed E-state index contributed by atoms with van der Waals surface area (Å²) in [5, 5.41) is 12.5. The maximum absolute atomic E-state index is 12.6. The lowest BCUT2D eigenvalue weighted by Gasteiger charge is -2.24. The van der Waals surface area contributed by atoms with Crippen molar-refractivity contribution in [3.05, 3.63) is 29.8 Å². The summed E-state index contributed by atoms with van der Waals surface area (Å²) in [7, 11) is 1.54. The molecule has 1 saturated heterocycles. The number of nitrogens with zero attached hydrogens (tertiary/aromatic N) is 1. The molecule has 112 valence electrons. The van der Waals surface area contributed by atoms with Gasteiger partial charge in [-0.1, -0.05) is 18.2 Å². The number of amides is 1. The number of anilines is 1. The molecule has 0 aliphatic carbocycles. The molecule has 3 rings (SSSR count). The number of para-hydroxylation sites is 1. The van der Waals surface area contributed by atoms with Crippen LogP contribution in [0.25, 0.3) is 0 Å². The van der Waals surface area contributed by atoms with E-state index in [0.717, 1.165) is 11.3 Å². The Morgan fingerprint density at radius 1 is 1.38 bits per heavy atom. The van der Waals surface area contributed by atoms with Crippen molar-refractivity contribution in [2.24, 2.45) is 0 Å². The molecule has 21 heavy (non-hydrogen) atoms. The molecule has 6 heteroatoms. The molecule has 2 aliphatic heterocycles. The molecule has 0 spiro atoms. The monoisotopic (exact) mass is 290 g/mol. The highest BCUT2D eigenvalue weighted by atomic mass is 16.5. The van der Waals surface area contributed by atoms with E-state index < -0.39 is 12.0 Å².